The second-order valence-electron chi connectivity index (χ2n) is 8.29. The Morgan fingerprint density at radius 1 is 0.821 bits per heavy atom. The molecule has 0 aliphatic rings. The summed E-state index contributed by atoms with van der Waals surface area (Å²) in [6.07, 6.45) is -1.46. The third-order valence-corrected chi connectivity index (χ3v) is 6.51. The molecule has 0 amide bonds. The number of carboxylic acid groups (broad SMARTS) is 1. The van der Waals surface area contributed by atoms with Crippen molar-refractivity contribution in [3.05, 3.63) is 92.9 Å². The predicted molar refractivity (Wildman–Crippen MR) is 178 cm³/mol. The maximum absolute atomic E-state index is 11.7. The molecule has 0 unspecified atom stereocenters. The van der Waals surface area contributed by atoms with Crippen molar-refractivity contribution >= 4 is 130 Å². The zero-order valence-corrected chi connectivity index (χ0v) is 24.4. The van der Waals surface area contributed by atoms with Crippen LogP contribution < -0.4 is 0 Å². The minimum atomic E-state index is -0.895. The van der Waals surface area contributed by atoms with Crippen LogP contribution in [0.25, 0.3) is 21.5 Å². The van der Waals surface area contributed by atoms with Crippen LogP contribution in [0.4, 0.5) is 0 Å². The monoisotopic (exact) mass is 627 g/mol. The lowest BCUT2D eigenvalue weighted by molar-refractivity contribution is 0.0528. The molecule has 0 aliphatic heterocycles. The summed E-state index contributed by atoms with van der Waals surface area (Å²) in [5, 5.41) is 12.6. The van der Waals surface area contributed by atoms with Gasteiger partial charge < -0.3 is 9.84 Å². The quantitative estimate of drug-likeness (QED) is 0.262. The van der Waals surface area contributed by atoms with E-state index in [1.54, 1.807) is 25.1 Å². The summed E-state index contributed by atoms with van der Waals surface area (Å²) in [6, 6.07) is 22.4. The first-order chi connectivity index (χ1) is 18.5. The van der Waals surface area contributed by atoms with E-state index in [1.807, 2.05) is 54.6 Å². The molecule has 0 bridgehead atoms. The highest BCUT2D eigenvalue weighted by Crippen LogP contribution is 2.24. The maximum atomic E-state index is 11.7. The number of ether oxygens (including phenoxy) is 1. The molecule has 11 radical (unpaired) electrons. The van der Waals surface area contributed by atoms with Gasteiger partial charge >= 0.3 is 11.9 Å². The van der Waals surface area contributed by atoms with Gasteiger partial charge in [-0.25, -0.2) is 9.59 Å². The number of rotatable bonds is 6. The summed E-state index contributed by atoms with van der Waals surface area (Å²) >= 11 is 6.73. The van der Waals surface area contributed by atoms with Gasteiger partial charge in [0.2, 0.25) is 0 Å². The first-order valence-corrected chi connectivity index (χ1v) is 13.4. The minimum Gasteiger partial charge on any atom is -0.478 e. The number of carboxylic acids is 1. The van der Waals surface area contributed by atoms with Crippen molar-refractivity contribution in [2.24, 2.45) is 0 Å². The van der Waals surface area contributed by atoms with Crippen LogP contribution in [-0.4, -0.2) is 88.6 Å². The molecule has 0 heterocycles. The van der Waals surface area contributed by atoms with Gasteiger partial charge in [-0.1, -0.05) is 68.3 Å². The molecule has 0 aromatic heterocycles. The van der Waals surface area contributed by atoms with Crippen molar-refractivity contribution in [2.45, 2.75) is 6.92 Å². The summed E-state index contributed by atoms with van der Waals surface area (Å²) in [7, 11) is 27.5. The lowest BCUT2D eigenvalue weighted by Gasteiger charge is -2.17. The summed E-state index contributed by atoms with van der Waals surface area (Å²) < 4.78 is 6.86. The van der Waals surface area contributed by atoms with E-state index in [0.717, 1.165) is 30.5 Å². The average molecular weight is 628 g/mol. The van der Waals surface area contributed by atoms with E-state index in [0.29, 0.717) is 17.7 Å². The summed E-state index contributed by atoms with van der Waals surface area (Å²) in [4.78, 5) is 22.6. The molecular weight excluding hydrogens is 609 g/mol. The fourth-order valence-corrected chi connectivity index (χ4v) is 4.30. The Labute approximate surface area is 254 Å². The van der Waals surface area contributed by atoms with Crippen LogP contribution >= 0.6 is 31.9 Å². The van der Waals surface area contributed by atoms with E-state index in [9.17, 15) is 9.59 Å². The number of benzene rings is 4. The topological polar surface area (TPSA) is 63.6 Å². The van der Waals surface area contributed by atoms with E-state index >= 15 is 0 Å². The third kappa shape index (κ3) is 9.79. The van der Waals surface area contributed by atoms with Crippen LogP contribution in [-0.2, 0) is 4.74 Å². The SMILES string of the molecule is CCOC(=O)c1cccc2ccc(Br)cc12.O=C(O)c1cccc2ccc(Br)cc12.[B][B]B(B([B])[B])B([B])[B]. The van der Waals surface area contributed by atoms with Crippen molar-refractivity contribution in [2.75, 3.05) is 6.61 Å². The molecule has 0 atom stereocenters. The molecule has 1 N–H and O–H groups in total. The Morgan fingerprint density at radius 2 is 1.28 bits per heavy atom. The van der Waals surface area contributed by atoms with E-state index in [2.05, 4.69) is 31.9 Å². The second kappa shape index (κ2) is 16.2. The summed E-state index contributed by atoms with van der Waals surface area (Å²) in [6.45, 7) is 2.20. The fraction of sp³-hybridized carbons (Fsp3) is 0.0833. The Kier molecular flexibility index (Phi) is 13.8. The third-order valence-electron chi connectivity index (χ3n) is 5.53. The highest BCUT2D eigenvalue weighted by molar-refractivity contribution is 9.10. The smallest absolute Gasteiger partial charge is 0.338 e. The van der Waals surface area contributed by atoms with E-state index < -0.39 is 18.7 Å². The first kappa shape index (κ1) is 33.1. The van der Waals surface area contributed by atoms with Crippen molar-refractivity contribution in [3.63, 3.8) is 0 Å². The van der Waals surface area contributed by atoms with Gasteiger partial charge in [-0.3, -0.25) is 0 Å². The van der Waals surface area contributed by atoms with Gasteiger partial charge in [-0.05, 0) is 64.9 Å². The molecule has 179 valence electrons. The van der Waals surface area contributed by atoms with Gasteiger partial charge in [0.25, 0.3) is 0 Å². The standard InChI is InChI=1S/C13H11BrO2.C11H7BrO2.B9/c1-2-16-13(15)11-5-3-4-9-6-7-10(14)8-12(9)11;12-8-5-4-7-2-1-3-9(11(13)14)10(7)6-8;1-6-9(7(2)3)8(4)5/h3-8H,2H2,1H3;1-6H,(H,13,14);. The average Bonchev–Trinajstić information content (AvgIpc) is 2.88. The van der Waals surface area contributed by atoms with Gasteiger partial charge in [0.1, 0.15) is 0 Å². The van der Waals surface area contributed by atoms with Crippen LogP contribution in [0.5, 0.6) is 0 Å². The fourth-order valence-electron chi connectivity index (χ4n) is 3.58. The molecule has 39 heavy (non-hydrogen) atoms. The number of carbonyl (C=O) groups excluding carboxylic acids is 1. The minimum absolute atomic E-state index is 0.272. The first-order valence-electron chi connectivity index (χ1n) is 11.8. The van der Waals surface area contributed by atoms with Gasteiger partial charge in [0.15, 0.2) is 0 Å². The van der Waals surface area contributed by atoms with Crippen molar-refractivity contribution in [3.8, 4) is 0 Å². The molecule has 4 aromatic rings. The summed E-state index contributed by atoms with van der Waals surface area (Å²) in [5.41, 5.74) is 0.949. The molecule has 0 saturated carbocycles. The van der Waals surface area contributed by atoms with Crippen LogP contribution in [0, 0.1) is 0 Å². The zero-order valence-electron chi connectivity index (χ0n) is 21.3. The van der Waals surface area contributed by atoms with Gasteiger partial charge in [0.05, 0.1) is 17.7 Å². The number of hydrogen-bond acceptors (Lipinski definition) is 3. The van der Waals surface area contributed by atoms with Gasteiger partial charge in [-0.2, -0.15) is 0 Å². The van der Waals surface area contributed by atoms with Crippen LogP contribution in [0.15, 0.2) is 81.7 Å². The van der Waals surface area contributed by atoms with E-state index in [-0.39, 0.29) is 12.4 Å². The van der Waals surface area contributed by atoms with Crippen molar-refractivity contribution < 1.29 is 19.4 Å². The Hall–Kier alpha value is -2.12. The Bertz CT molecular complexity index is 1420. The number of halogens is 2. The molecule has 0 fully saturated rings. The molecule has 0 aliphatic carbocycles. The molecule has 4 rings (SSSR count). The second-order valence-corrected chi connectivity index (χ2v) is 10.1. The molecule has 0 spiro atoms. The number of aromatic carboxylic acids is 1. The molecule has 4 aromatic carbocycles. The molecule has 4 nitrogen and oxygen atoms in total. The lowest BCUT2D eigenvalue weighted by Crippen LogP contribution is -2.55. The molecular formula is C24H18B9Br2O4. The van der Waals surface area contributed by atoms with Crippen molar-refractivity contribution in [1.29, 1.82) is 0 Å². The van der Waals surface area contributed by atoms with Crippen LogP contribution in [0.2, 0.25) is 0 Å². The number of esters is 1. The number of hydrogen-bond donors (Lipinski definition) is 1. The molecule has 15 heteroatoms. The summed E-state index contributed by atoms with van der Waals surface area (Å²) in [5.74, 6) is -1.17. The largest absolute Gasteiger partial charge is 0.478 e. The van der Waals surface area contributed by atoms with Crippen molar-refractivity contribution in [1.82, 2.24) is 0 Å². The highest BCUT2D eigenvalue weighted by Gasteiger charge is 2.18. The normalized spacial score (nSPS) is 9.82. The van der Waals surface area contributed by atoms with E-state index in [4.69, 9.17) is 48.5 Å². The number of carbonyl (C=O) groups is 2. The van der Waals surface area contributed by atoms with Gasteiger partial charge in [0, 0.05) is 73.8 Å². The number of fused-ring (bicyclic) bond motifs is 2. The highest BCUT2D eigenvalue weighted by atomic mass is 79.9. The van der Waals surface area contributed by atoms with E-state index in [1.165, 1.54) is 7.06 Å². The van der Waals surface area contributed by atoms with Gasteiger partial charge in [-0.15, -0.1) is 0 Å². The lowest BCUT2D eigenvalue weighted by atomic mass is 8.64. The Morgan fingerprint density at radius 3 is 1.67 bits per heavy atom. The van der Waals surface area contributed by atoms with Crippen LogP contribution in [0.3, 0.4) is 0 Å². The van der Waals surface area contributed by atoms with Crippen LogP contribution in [0.1, 0.15) is 27.6 Å². The maximum Gasteiger partial charge on any atom is 0.338 e. The molecule has 0 saturated heterocycles. The zero-order chi connectivity index (χ0) is 29.1. The Balaban J connectivity index is 0.000000214. The predicted octanol–water partition coefficient (Wildman–Crippen LogP) is 3.65.